The van der Waals surface area contributed by atoms with Gasteiger partial charge in [0.05, 0.1) is 4.21 Å². The standard InChI is InChI=1S/C7H8N4S2/c1-11-6(8-9-10-11)5-3-4-13-7(5)12-2/h3-4H,1-2H3. The molecule has 2 aromatic rings. The van der Waals surface area contributed by atoms with Crippen LogP contribution in [0.4, 0.5) is 0 Å². The Hall–Kier alpha value is -0.880. The van der Waals surface area contributed by atoms with Crippen LogP contribution in [0.1, 0.15) is 0 Å². The summed E-state index contributed by atoms with van der Waals surface area (Å²) in [4.78, 5) is 0. The summed E-state index contributed by atoms with van der Waals surface area (Å²) in [7, 11) is 1.84. The zero-order chi connectivity index (χ0) is 9.26. The molecule has 0 atom stereocenters. The molecule has 0 spiro atoms. The third kappa shape index (κ3) is 1.47. The molecule has 6 heteroatoms. The summed E-state index contributed by atoms with van der Waals surface area (Å²) in [6.45, 7) is 0. The minimum Gasteiger partial charge on any atom is -0.228 e. The van der Waals surface area contributed by atoms with Crippen molar-refractivity contribution in [1.82, 2.24) is 20.2 Å². The third-order valence-electron chi connectivity index (χ3n) is 1.68. The first-order valence-corrected chi connectivity index (χ1v) is 5.77. The maximum Gasteiger partial charge on any atom is 0.183 e. The van der Waals surface area contributed by atoms with Gasteiger partial charge in [0.1, 0.15) is 0 Å². The Bertz CT molecular complexity index is 406. The quantitative estimate of drug-likeness (QED) is 0.710. The molecule has 0 radical (unpaired) electrons. The number of hydrogen-bond acceptors (Lipinski definition) is 5. The number of thiophene rings is 1. The van der Waals surface area contributed by atoms with Crippen LogP contribution in [0.5, 0.6) is 0 Å². The second-order valence-electron chi connectivity index (χ2n) is 2.45. The molecule has 0 N–H and O–H groups in total. The second kappa shape index (κ2) is 3.47. The SMILES string of the molecule is CSc1sccc1-c1nnnn1C. The molecule has 0 bridgehead atoms. The molecule has 0 fully saturated rings. The summed E-state index contributed by atoms with van der Waals surface area (Å²) in [6, 6.07) is 2.04. The van der Waals surface area contributed by atoms with Crippen LogP contribution >= 0.6 is 23.1 Å². The molecule has 13 heavy (non-hydrogen) atoms. The zero-order valence-corrected chi connectivity index (χ0v) is 8.89. The van der Waals surface area contributed by atoms with Gasteiger partial charge in [-0.1, -0.05) is 0 Å². The normalized spacial score (nSPS) is 10.6. The van der Waals surface area contributed by atoms with Gasteiger partial charge in [0.25, 0.3) is 0 Å². The number of nitrogens with zero attached hydrogens (tertiary/aromatic N) is 4. The summed E-state index contributed by atoms with van der Waals surface area (Å²) < 4.78 is 2.93. The molecule has 0 aromatic carbocycles. The van der Waals surface area contributed by atoms with Crippen molar-refractivity contribution in [1.29, 1.82) is 0 Å². The Kier molecular flexibility index (Phi) is 2.32. The van der Waals surface area contributed by atoms with Gasteiger partial charge in [0, 0.05) is 12.6 Å². The van der Waals surface area contributed by atoms with E-state index in [0.717, 1.165) is 11.4 Å². The zero-order valence-electron chi connectivity index (χ0n) is 7.26. The maximum atomic E-state index is 3.96. The first-order valence-electron chi connectivity index (χ1n) is 3.67. The van der Waals surface area contributed by atoms with Gasteiger partial charge in [0.15, 0.2) is 5.82 Å². The van der Waals surface area contributed by atoms with E-state index >= 15 is 0 Å². The van der Waals surface area contributed by atoms with Gasteiger partial charge in [-0.3, -0.25) is 0 Å². The largest absolute Gasteiger partial charge is 0.228 e. The molecule has 0 aliphatic heterocycles. The molecular formula is C7H8N4S2. The summed E-state index contributed by atoms with van der Waals surface area (Å²) in [5.41, 5.74) is 1.12. The molecule has 2 rings (SSSR count). The highest BCUT2D eigenvalue weighted by molar-refractivity contribution is 8.00. The fourth-order valence-electron chi connectivity index (χ4n) is 1.08. The topological polar surface area (TPSA) is 43.6 Å². The Labute approximate surface area is 84.0 Å². The van der Waals surface area contributed by atoms with E-state index < -0.39 is 0 Å². The van der Waals surface area contributed by atoms with Crippen molar-refractivity contribution in [2.75, 3.05) is 6.26 Å². The van der Waals surface area contributed by atoms with Crippen molar-refractivity contribution >= 4 is 23.1 Å². The van der Waals surface area contributed by atoms with Crippen LogP contribution < -0.4 is 0 Å². The second-order valence-corrected chi connectivity index (χ2v) is 4.44. The first-order chi connectivity index (χ1) is 6.33. The Morgan fingerprint density at radius 3 is 3.00 bits per heavy atom. The number of tetrazole rings is 1. The highest BCUT2D eigenvalue weighted by Gasteiger charge is 2.11. The van der Waals surface area contributed by atoms with Crippen LogP contribution in [-0.4, -0.2) is 26.5 Å². The summed E-state index contributed by atoms with van der Waals surface area (Å²) >= 11 is 3.43. The van der Waals surface area contributed by atoms with Gasteiger partial charge < -0.3 is 0 Å². The van der Waals surface area contributed by atoms with Crippen LogP contribution in [0.2, 0.25) is 0 Å². The van der Waals surface area contributed by atoms with E-state index in [0.29, 0.717) is 0 Å². The van der Waals surface area contributed by atoms with Crippen molar-refractivity contribution in [3.05, 3.63) is 11.4 Å². The molecule has 0 amide bonds. The lowest BCUT2D eigenvalue weighted by Gasteiger charge is -1.97. The molecule has 0 unspecified atom stereocenters. The van der Waals surface area contributed by atoms with Crippen molar-refractivity contribution < 1.29 is 0 Å². The van der Waals surface area contributed by atoms with E-state index in [1.165, 1.54) is 4.21 Å². The molecule has 0 aliphatic rings. The van der Waals surface area contributed by atoms with E-state index in [-0.39, 0.29) is 0 Å². The Morgan fingerprint density at radius 2 is 2.38 bits per heavy atom. The van der Waals surface area contributed by atoms with Crippen molar-refractivity contribution in [2.45, 2.75) is 4.21 Å². The highest BCUT2D eigenvalue weighted by Crippen LogP contribution is 2.32. The molecule has 4 nitrogen and oxygen atoms in total. The molecular weight excluding hydrogens is 204 g/mol. The summed E-state index contributed by atoms with van der Waals surface area (Å²) in [5.74, 6) is 0.825. The lowest BCUT2D eigenvalue weighted by molar-refractivity contribution is 0.714. The minimum atomic E-state index is 0.825. The molecule has 2 heterocycles. The van der Waals surface area contributed by atoms with Crippen LogP contribution in [0, 0.1) is 0 Å². The number of thioether (sulfide) groups is 1. The van der Waals surface area contributed by atoms with Crippen LogP contribution in [-0.2, 0) is 7.05 Å². The Morgan fingerprint density at radius 1 is 1.54 bits per heavy atom. The first kappa shape index (κ1) is 8.71. The molecule has 68 valence electrons. The number of aromatic nitrogens is 4. The predicted octanol–water partition coefficient (Wildman–Crippen LogP) is 1.66. The van der Waals surface area contributed by atoms with E-state index in [9.17, 15) is 0 Å². The molecule has 2 aromatic heterocycles. The number of rotatable bonds is 2. The van der Waals surface area contributed by atoms with Gasteiger partial charge in [0.2, 0.25) is 0 Å². The predicted molar refractivity (Wildman–Crippen MR) is 53.9 cm³/mol. The maximum absolute atomic E-state index is 3.96. The van der Waals surface area contributed by atoms with E-state index in [4.69, 9.17) is 0 Å². The van der Waals surface area contributed by atoms with Crippen molar-refractivity contribution in [3.8, 4) is 11.4 Å². The van der Waals surface area contributed by atoms with E-state index in [1.54, 1.807) is 27.8 Å². The van der Waals surface area contributed by atoms with E-state index in [2.05, 4.69) is 27.2 Å². The highest BCUT2D eigenvalue weighted by atomic mass is 32.2. The third-order valence-corrected chi connectivity index (χ3v) is 3.76. The Balaban J connectivity index is 2.52. The lowest BCUT2D eigenvalue weighted by atomic mass is 10.3. The molecule has 0 saturated heterocycles. The monoisotopic (exact) mass is 212 g/mol. The number of hydrogen-bond donors (Lipinski definition) is 0. The van der Waals surface area contributed by atoms with Crippen molar-refractivity contribution in [3.63, 3.8) is 0 Å². The average Bonchev–Trinajstić information content (AvgIpc) is 2.71. The fourth-order valence-corrected chi connectivity index (χ4v) is 2.62. The smallest absolute Gasteiger partial charge is 0.183 e. The van der Waals surface area contributed by atoms with Gasteiger partial charge in [-0.25, -0.2) is 4.68 Å². The van der Waals surface area contributed by atoms with Gasteiger partial charge >= 0.3 is 0 Å². The molecule has 0 saturated carbocycles. The summed E-state index contributed by atoms with van der Waals surface area (Å²) in [6.07, 6.45) is 2.05. The molecule has 0 aliphatic carbocycles. The fraction of sp³-hybridized carbons (Fsp3) is 0.286. The minimum absolute atomic E-state index is 0.825. The van der Waals surface area contributed by atoms with Crippen molar-refractivity contribution in [2.24, 2.45) is 7.05 Å². The lowest BCUT2D eigenvalue weighted by Crippen LogP contribution is -1.93. The van der Waals surface area contributed by atoms with Crippen LogP contribution in [0.15, 0.2) is 15.7 Å². The summed E-state index contributed by atoms with van der Waals surface area (Å²) in [5, 5.41) is 13.4. The van der Waals surface area contributed by atoms with Gasteiger partial charge in [-0.2, -0.15) is 0 Å². The van der Waals surface area contributed by atoms with Gasteiger partial charge in [-0.05, 0) is 28.1 Å². The van der Waals surface area contributed by atoms with Crippen LogP contribution in [0.3, 0.4) is 0 Å². The van der Waals surface area contributed by atoms with Gasteiger partial charge in [-0.15, -0.1) is 28.2 Å². The van der Waals surface area contributed by atoms with Crippen LogP contribution in [0.25, 0.3) is 11.4 Å². The number of aryl methyl sites for hydroxylation is 1. The average molecular weight is 212 g/mol. The van der Waals surface area contributed by atoms with E-state index in [1.807, 2.05) is 13.1 Å².